The van der Waals surface area contributed by atoms with Gasteiger partial charge in [0.05, 0.1) is 16.3 Å². The third-order valence-corrected chi connectivity index (χ3v) is 4.26. The number of hydrogen-bond acceptors (Lipinski definition) is 3. The van der Waals surface area contributed by atoms with Crippen molar-refractivity contribution < 1.29 is 9.90 Å². The average Bonchev–Trinajstić information content (AvgIpc) is 3.34. The molecule has 0 atom stereocenters. The predicted molar refractivity (Wildman–Crippen MR) is 93.7 cm³/mol. The van der Waals surface area contributed by atoms with Crippen LogP contribution in [-0.4, -0.2) is 17.6 Å². The summed E-state index contributed by atoms with van der Waals surface area (Å²) >= 11 is 12.1. The lowest BCUT2D eigenvalue weighted by molar-refractivity contribution is 0.102. The first-order valence-corrected chi connectivity index (χ1v) is 8.12. The summed E-state index contributed by atoms with van der Waals surface area (Å²) < 4.78 is 0. The fraction of sp³-hybridized carbons (Fsp3) is 0.235. The zero-order valence-corrected chi connectivity index (χ0v) is 13.8. The van der Waals surface area contributed by atoms with Gasteiger partial charge in [-0.15, -0.1) is 0 Å². The minimum atomic E-state index is -0.467. The Morgan fingerprint density at radius 3 is 2.65 bits per heavy atom. The van der Waals surface area contributed by atoms with Crippen molar-refractivity contribution in [2.75, 3.05) is 17.2 Å². The summed E-state index contributed by atoms with van der Waals surface area (Å²) in [6, 6.07) is 9.67. The van der Waals surface area contributed by atoms with Crippen LogP contribution in [0.1, 0.15) is 23.2 Å². The molecule has 6 heteroatoms. The summed E-state index contributed by atoms with van der Waals surface area (Å²) in [5, 5.41) is 16.6. The van der Waals surface area contributed by atoms with Crippen LogP contribution in [0, 0.1) is 5.92 Å². The monoisotopic (exact) mass is 350 g/mol. The molecule has 23 heavy (non-hydrogen) atoms. The molecule has 3 N–H and O–H groups in total. The maximum absolute atomic E-state index is 12.2. The second-order valence-corrected chi connectivity index (χ2v) is 6.48. The molecule has 1 fully saturated rings. The maximum Gasteiger partial charge on any atom is 0.259 e. The standard InChI is InChI=1S/C17H16Cl2N2O2/c18-11-3-6-16(22)13(7-11)17(23)21-15-5-4-12(8-14(15)19)20-9-10-1-2-10/h3-8,10,20,22H,1-2,9H2,(H,21,23). The van der Waals surface area contributed by atoms with E-state index in [0.29, 0.717) is 15.7 Å². The van der Waals surface area contributed by atoms with Gasteiger partial charge >= 0.3 is 0 Å². The summed E-state index contributed by atoms with van der Waals surface area (Å²) in [6.07, 6.45) is 2.55. The number of anilines is 2. The van der Waals surface area contributed by atoms with Crippen LogP contribution in [0.5, 0.6) is 5.75 Å². The molecular formula is C17H16Cl2N2O2. The Balaban J connectivity index is 1.71. The summed E-state index contributed by atoms with van der Waals surface area (Å²) in [7, 11) is 0. The molecule has 1 aliphatic carbocycles. The van der Waals surface area contributed by atoms with E-state index in [2.05, 4.69) is 10.6 Å². The van der Waals surface area contributed by atoms with Gasteiger partial charge in [0, 0.05) is 17.3 Å². The molecule has 2 aromatic rings. The van der Waals surface area contributed by atoms with Gasteiger partial charge in [0.1, 0.15) is 5.75 Å². The smallest absolute Gasteiger partial charge is 0.259 e. The minimum absolute atomic E-state index is 0.101. The van der Waals surface area contributed by atoms with E-state index in [-0.39, 0.29) is 11.3 Å². The van der Waals surface area contributed by atoms with Crippen molar-refractivity contribution in [3.05, 3.63) is 52.0 Å². The van der Waals surface area contributed by atoms with Gasteiger partial charge in [-0.1, -0.05) is 23.2 Å². The lowest BCUT2D eigenvalue weighted by atomic mass is 10.2. The third kappa shape index (κ3) is 4.09. The first kappa shape index (κ1) is 16.0. The predicted octanol–water partition coefficient (Wildman–Crippen LogP) is 4.77. The van der Waals surface area contributed by atoms with Crippen LogP contribution in [0.15, 0.2) is 36.4 Å². The number of benzene rings is 2. The maximum atomic E-state index is 12.2. The molecule has 1 aliphatic rings. The number of carbonyl (C=O) groups excluding carboxylic acids is 1. The first-order valence-electron chi connectivity index (χ1n) is 7.36. The van der Waals surface area contributed by atoms with E-state index in [0.717, 1.165) is 18.2 Å². The lowest BCUT2D eigenvalue weighted by Gasteiger charge is -2.11. The quantitative estimate of drug-likeness (QED) is 0.727. The lowest BCUT2D eigenvalue weighted by Crippen LogP contribution is -2.12. The van der Waals surface area contributed by atoms with E-state index in [1.807, 2.05) is 6.07 Å². The molecule has 2 aromatic carbocycles. The number of carbonyl (C=O) groups is 1. The molecule has 1 saturated carbocycles. The van der Waals surface area contributed by atoms with Crippen molar-refractivity contribution in [3.8, 4) is 5.75 Å². The van der Waals surface area contributed by atoms with Gasteiger partial charge in [0.2, 0.25) is 0 Å². The molecule has 1 amide bonds. The van der Waals surface area contributed by atoms with Gasteiger partial charge in [-0.05, 0) is 55.2 Å². The number of phenolic OH excluding ortho intramolecular Hbond substituents is 1. The summed E-state index contributed by atoms with van der Waals surface area (Å²) in [4.78, 5) is 12.2. The van der Waals surface area contributed by atoms with E-state index in [1.165, 1.54) is 31.0 Å². The molecule has 0 aliphatic heterocycles. The van der Waals surface area contributed by atoms with Gasteiger partial charge in [0.15, 0.2) is 0 Å². The van der Waals surface area contributed by atoms with Crippen molar-refractivity contribution in [1.29, 1.82) is 0 Å². The minimum Gasteiger partial charge on any atom is -0.507 e. The second kappa shape index (κ2) is 6.69. The van der Waals surface area contributed by atoms with Crippen molar-refractivity contribution in [2.24, 2.45) is 5.92 Å². The Bertz CT molecular complexity index is 745. The normalized spacial score (nSPS) is 13.7. The van der Waals surface area contributed by atoms with E-state index in [1.54, 1.807) is 12.1 Å². The molecule has 0 aromatic heterocycles. The highest BCUT2D eigenvalue weighted by Crippen LogP contribution is 2.31. The number of hydrogen-bond donors (Lipinski definition) is 3. The highest BCUT2D eigenvalue weighted by Gasteiger charge is 2.20. The van der Waals surface area contributed by atoms with Gasteiger partial charge in [-0.25, -0.2) is 0 Å². The fourth-order valence-electron chi connectivity index (χ4n) is 2.19. The molecule has 120 valence electrons. The Labute approximate surface area is 144 Å². The molecule has 3 rings (SSSR count). The zero-order chi connectivity index (χ0) is 16.4. The number of nitrogens with one attached hydrogen (secondary N) is 2. The molecule has 4 nitrogen and oxygen atoms in total. The van der Waals surface area contributed by atoms with E-state index < -0.39 is 5.91 Å². The van der Waals surface area contributed by atoms with Crippen molar-refractivity contribution >= 4 is 40.5 Å². The van der Waals surface area contributed by atoms with Crippen LogP contribution in [-0.2, 0) is 0 Å². The Kier molecular flexibility index (Phi) is 4.64. The van der Waals surface area contributed by atoms with Crippen LogP contribution in [0.4, 0.5) is 11.4 Å². The Morgan fingerprint density at radius 2 is 1.96 bits per heavy atom. The summed E-state index contributed by atoms with van der Waals surface area (Å²) in [5.41, 5.74) is 1.50. The van der Waals surface area contributed by atoms with Crippen molar-refractivity contribution in [3.63, 3.8) is 0 Å². The highest BCUT2D eigenvalue weighted by atomic mass is 35.5. The number of halogens is 2. The number of rotatable bonds is 5. The summed E-state index contributed by atoms with van der Waals surface area (Å²) in [5.74, 6) is 0.162. The van der Waals surface area contributed by atoms with Crippen LogP contribution in [0.25, 0.3) is 0 Å². The Hall–Kier alpha value is -1.91. The molecule has 0 saturated heterocycles. The molecular weight excluding hydrogens is 335 g/mol. The zero-order valence-electron chi connectivity index (χ0n) is 12.3. The van der Waals surface area contributed by atoms with Crippen molar-refractivity contribution in [2.45, 2.75) is 12.8 Å². The average molecular weight is 351 g/mol. The van der Waals surface area contributed by atoms with E-state index in [4.69, 9.17) is 23.2 Å². The first-order chi connectivity index (χ1) is 11.0. The molecule has 0 bridgehead atoms. The van der Waals surface area contributed by atoms with Gasteiger partial charge < -0.3 is 15.7 Å². The summed E-state index contributed by atoms with van der Waals surface area (Å²) in [6.45, 7) is 0.943. The van der Waals surface area contributed by atoms with E-state index >= 15 is 0 Å². The van der Waals surface area contributed by atoms with Gasteiger partial charge in [-0.3, -0.25) is 4.79 Å². The SMILES string of the molecule is O=C(Nc1ccc(NCC2CC2)cc1Cl)c1cc(Cl)ccc1O. The van der Waals surface area contributed by atoms with Crippen LogP contribution in [0.2, 0.25) is 10.0 Å². The van der Waals surface area contributed by atoms with Crippen molar-refractivity contribution in [1.82, 2.24) is 0 Å². The van der Waals surface area contributed by atoms with Crippen LogP contribution >= 0.6 is 23.2 Å². The van der Waals surface area contributed by atoms with Crippen LogP contribution < -0.4 is 10.6 Å². The van der Waals surface area contributed by atoms with Gasteiger partial charge in [0.25, 0.3) is 5.91 Å². The third-order valence-electron chi connectivity index (χ3n) is 3.71. The van der Waals surface area contributed by atoms with E-state index in [9.17, 15) is 9.90 Å². The van der Waals surface area contributed by atoms with Gasteiger partial charge in [-0.2, -0.15) is 0 Å². The molecule has 0 spiro atoms. The highest BCUT2D eigenvalue weighted by molar-refractivity contribution is 6.34. The molecule has 0 unspecified atom stereocenters. The number of aromatic hydroxyl groups is 1. The topological polar surface area (TPSA) is 61.4 Å². The molecule has 0 radical (unpaired) electrons. The Morgan fingerprint density at radius 1 is 1.17 bits per heavy atom. The number of phenols is 1. The fourth-order valence-corrected chi connectivity index (χ4v) is 2.59. The van der Waals surface area contributed by atoms with Crippen LogP contribution in [0.3, 0.4) is 0 Å². The molecule has 0 heterocycles. The largest absolute Gasteiger partial charge is 0.507 e. The second-order valence-electron chi connectivity index (χ2n) is 5.63. The number of amides is 1.